The molecule has 0 fully saturated rings. The molecule has 4 rings (SSSR count). The third-order valence-corrected chi connectivity index (χ3v) is 4.08. The van der Waals surface area contributed by atoms with E-state index in [1.807, 2.05) is 6.07 Å². The van der Waals surface area contributed by atoms with Crippen LogP contribution in [0.15, 0.2) is 79.0 Å². The van der Waals surface area contributed by atoms with Gasteiger partial charge in [0, 0.05) is 23.0 Å². The smallest absolute Gasteiger partial charge is 0.215 e. The van der Waals surface area contributed by atoms with Crippen molar-refractivity contribution in [2.75, 3.05) is 0 Å². The molecule has 0 aliphatic carbocycles. The first kappa shape index (κ1) is 15.7. The van der Waals surface area contributed by atoms with Crippen molar-refractivity contribution in [3.63, 3.8) is 0 Å². The highest BCUT2D eigenvalue weighted by molar-refractivity contribution is 6.02. The quantitative estimate of drug-likeness (QED) is 0.379. The van der Waals surface area contributed by atoms with E-state index in [1.165, 1.54) is 33.4 Å². The van der Waals surface area contributed by atoms with Crippen LogP contribution in [0.2, 0.25) is 0 Å². The number of aromatic nitrogens is 2. The fourth-order valence-electron chi connectivity index (χ4n) is 3.01. The Morgan fingerprint density at radius 3 is 2.26 bits per heavy atom. The maximum Gasteiger partial charge on any atom is 0.215 e. The van der Waals surface area contributed by atoms with Gasteiger partial charge in [-0.2, -0.15) is 0 Å². The molecule has 0 saturated heterocycles. The number of H-pyrrole nitrogens is 1. The summed E-state index contributed by atoms with van der Waals surface area (Å²) in [4.78, 5) is 3.59. The van der Waals surface area contributed by atoms with Gasteiger partial charge in [-0.05, 0) is 17.7 Å². The molecule has 2 aromatic carbocycles. The SMILES string of the molecule is C[n+]1ccccc1-c1c(-c2ccccc2)[nH]c2ccccc12.[I-]. The highest BCUT2D eigenvalue weighted by Crippen LogP contribution is 2.36. The summed E-state index contributed by atoms with van der Waals surface area (Å²) in [5.41, 5.74) is 6.00. The standard InChI is InChI=1S/C20H16N2.HI/c1-22-14-8-7-13-18(22)19-16-11-5-6-12-17(16)21-20(19)15-9-3-2-4-10-15;/h2-14H,1H3;1H. The lowest BCUT2D eigenvalue weighted by Gasteiger charge is -2.04. The van der Waals surface area contributed by atoms with Crippen LogP contribution in [0.3, 0.4) is 0 Å². The zero-order valence-electron chi connectivity index (χ0n) is 12.8. The van der Waals surface area contributed by atoms with Gasteiger partial charge in [-0.15, -0.1) is 0 Å². The summed E-state index contributed by atoms with van der Waals surface area (Å²) in [6.07, 6.45) is 2.09. The maximum atomic E-state index is 3.59. The van der Waals surface area contributed by atoms with Crippen LogP contribution in [0, 0.1) is 0 Å². The van der Waals surface area contributed by atoms with Gasteiger partial charge in [-0.25, -0.2) is 4.57 Å². The number of para-hydroxylation sites is 1. The number of hydrogen-bond donors (Lipinski definition) is 1. The first-order valence-corrected chi connectivity index (χ1v) is 7.46. The Balaban J connectivity index is 0.00000156. The predicted octanol–water partition coefficient (Wildman–Crippen LogP) is 1.33. The number of nitrogens with one attached hydrogen (secondary N) is 1. The maximum absolute atomic E-state index is 3.59. The molecule has 0 aliphatic rings. The van der Waals surface area contributed by atoms with Crippen molar-refractivity contribution >= 4 is 10.9 Å². The molecule has 2 heterocycles. The average Bonchev–Trinajstić information content (AvgIpc) is 2.95. The molecule has 2 aromatic heterocycles. The second kappa shape index (κ2) is 6.54. The lowest BCUT2D eigenvalue weighted by Crippen LogP contribution is -3.00. The largest absolute Gasteiger partial charge is 1.00 e. The zero-order valence-corrected chi connectivity index (χ0v) is 15.0. The van der Waals surface area contributed by atoms with Crippen LogP contribution in [-0.4, -0.2) is 4.98 Å². The van der Waals surface area contributed by atoms with Gasteiger partial charge >= 0.3 is 0 Å². The Morgan fingerprint density at radius 2 is 1.48 bits per heavy atom. The molecule has 114 valence electrons. The fourth-order valence-corrected chi connectivity index (χ4v) is 3.01. The highest BCUT2D eigenvalue weighted by atomic mass is 127. The van der Waals surface area contributed by atoms with Gasteiger partial charge in [0.25, 0.3) is 0 Å². The Bertz CT molecular complexity index is 942. The lowest BCUT2D eigenvalue weighted by molar-refractivity contribution is -0.660. The zero-order chi connectivity index (χ0) is 14.9. The lowest BCUT2D eigenvalue weighted by atomic mass is 10.0. The molecule has 0 saturated carbocycles. The van der Waals surface area contributed by atoms with Gasteiger partial charge in [0.1, 0.15) is 7.05 Å². The molecule has 0 radical (unpaired) electrons. The Morgan fingerprint density at radius 1 is 0.783 bits per heavy atom. The van der Waals surface area contributed by atoms with Gasteiger partial charge in [-0.1, -0.05) is 48.5 Å². The van der Waals surface area contributed by atoms with Gasteiger partial charge in [-0.3, -0.25) is 0 Å². The molecule has 0 amide bonds. The van der Waals surface area contributed by atoms with E-state index in [-0.39, 0.29) is 24.0 Å². The van der Waals surface area contributed by atoms with Gasteiger partial charge < -0.3 is 29.0 Å². The van der Waals surface area contributed by atoms with Crippen molar-refractivity contribution in [2.45, 2.75) is 0 Å². The fraction of sp³-hybridized carbons (Fsp3) is 0.0500. The first-order chi connectivity index (χ1) is 10.8. The number of aromatic amines is 1. The minimum Gasteiger partial charge on any atom is -1.00 e. The van der Waals surface area contributed by atoms with E-state index in [2.05, 4.69) is 89.5 Å². The van der Waals surface area contributed by atoms with Crippen molar-refractivity contribution < 1.29 is 28.5 Å². The predicted molar refractivity (Wildman–Crippen MR) is 90.3 cm³/mol. The van der Waals surface area contributed by atoms with E-state index >= 15 is 0 Å². The third-order valence-electron chi connectivity index (χ3n) is 4.08. The molecule has 3 heteroatoms. The molecule has 23 heavy (non-hydrogen) atoms. The molecule has 1 N–H and O–H groups in total. The first-order valence-electron chi connectivity index (χ1n) is 7.46. The van der Waals surface area contributed by atoms with Crippen LogP contribution in [-0.2, 0) is 7.05 Å². The number of halogens is 1. The average molecular weight is 412 g/mol. The van der Waals surface area contributed by atoms with Crippen LogP contribution < -0.4 is 28.5 Å². The normalized spacial score (nSPS) is 10.5. The van der Waals surface area contributed by atoms with E-state index in [4.69, 9.17) is 0 Å². The summed E-state index contributed by atoms with van der Waals surface area (Å²) in [6.45, 7) is 0. The van der Waals surface area contributed by atoms with Crippen molar-refractivity contribution in [3.05, 3.63) is 79.0 Å². The number of fused-ring (bicyclic) bond motifs is 1. The summed E-state index contributed by atoms with van der Waals surface area (Å²) in [5.74, 6) is 0. The van der Waals surface area contributed by atoms with Gasteiger partial charge in [0.15, 0.2) is 6.20 Å². The Labute approximate surface area is 152 Å². The van der Waals surface area contributed by atoms with Crippen molar-refractivity contribution in [1.82, 2.24) is 4.98 Å². The van der Waals surface area contributed by atoms with Crippen LogP contribution in [0.25, 0.3) is 33.4 Å². The monoisotopic (exact) mass is 412 g/mol. The van der Waals surface area contributed by atoms with Crippen LogP contribution >= 0.6 is 0 Å². The number of hydrogen-bond acceptors (Lipinski definition) is 0. The minimum atomic E-state index is 0. The van der Waals surface area contributed by atoms with Crippen molar-refractivity contribution in [2.24, 2.45) is 7.05 Å². The van der Waals surface area contributed by atoms with Crippen LogP contribution in [0.1, 0.15) is 0 Å². The Hall–Kier alpha value is -2.14. The number of aryl methyl sites for hydroxylation is 1. The van der Waals surface area contributed by atoms with E-state index in [0.717, 1.165) is 0 Å². The van der Waals surface area contributed by atoms with E-state index < -0.39 is 0 Å². The highest BCUT2D eigenvalue weighted by Gasteiger charge is 2.20. The van der Waals surface area contributed by atoms with E-state index in [0.29, 0.717) is 0 Å². The topological polar surface area (TPSA) is 19.7 Å². The van der Waals surface area contributed by atoms with Crippen LogP contribution in [0.5, 0.6) is 0 Å². The molecular formula is C20H17IN2. The molecule has 2 nitrogen and oxygen atoms in total. The Kier molecular flexibility index (Phi) is 4.48. The molecule has 0 bridgehead atoms. The number of benzene rings is 2. The molecule has 4 aromatic rings. The molecule has 0 aliphatic heterocycles. The third kappa shape index (κ3) is 2.77. The minimum absolute atomic E-state index is 0. The summed E-state index contributed by atoms with van der Waals surface area (Å²) < 4.78 is 2.17. The number of pyridine rings is 1. The molecule has 0 unspecified atom stereocenters. The van der Waals surface area contributed by atoms with Gasteiger partial charge in [0.05, 0.1) is 11.3 Å². The summed E-state index contributed by atoms with van der Waals surface area (Å²) in [5, 5.41) is 1.25. The van der Waals surface area contributed by atoms with E-state index in [1.54, 1.807) is 0 Å². The molecular weight excluding hydrogens is 395 g/mol. The summed E-state index contributed by atoms with van der Waals surface area (Å²) >= 11 is 0. The number of nitrogens with zero attached hydrogens (tertiary/aromatic N) is 1. The summed E-state index contributed by atoms with van der Waals surface area (Å²) in [6, 6.07) is 25.3. The number of rotatable bonds is 2. The van der Waals surface area contributed by atoms with Crippen molar-refractivity contribution in [3.8, 4) is 22.5 Å². The second-order valence-corrected chi connectivity index (χ2v) is 5.48. The summed E-state index contributed by atoms with van der Waals surface area (Å²) in [7, 11) is 2.09. The van der Waals surface area contributed by atoms with E-state index in [9.17, 15) is 0 Å². The molecule has 0 atom stereocenters. The van der Waals surface area contributed by atoms with Gasteiger partial charge in [0.2, 0.25) is 5.69 Å². The second-order valence-electron chi connectivity index (χ2n) is 5.48. The van der Waals surface area contributed by atoms with Crippen LogP contribution in [0.4, 0.5) is 0 Å². The molecule has 0 spiro atoms. The van der Waals surface area contributed by atoms with Crippen molar-refractivity contribution in [1.29, 1.82) is 0 Å².